The van der Waals surface area contributed by atoms with E-state index in [9.17, 15) is 4.79 Å². The Morgan fingerprint density at radius 3 is 2.50 bits per heavy atom. The van der Waals surface area contributed by atoms with E-state index in [1.54, 1.807) is 0 Å². The van der Waals surface area contributed by atoms with E-state index in [1.165, 1.54) is 19.1 Å². The van der Waals surface area contributed by atoms with E-state index in [0.29, 0.717) is 6.54 Å². The molecule has 3 heteroatoms. The van der Waals surface area contributed by atoms with Crippen LogP contribution >= 0.6 is 0 Å². The molecule has 1 saturated carbocycles. The summed E-state index contributed by atoms with van der Waals surface area (Å²) in [5.41, 5.74) is 0.712. The minimum atomic E-state index is -0.490. The highest BCUT2D eigenvalue weighted by Crippen LogP contribution is 2.34. The Bertz CT molecular complexity index is 422. The largest absolute Gasteiger partial charge is 0.468 e. The number of carbonyl (C=O) groups is 1. The molecular weight excluding hydrogens is 250 g/mol. The van der Waals surface area contributed by atoms with Gasteiger partial charge < -0.3 is 4.74 Å². The van der Waals surface area contributed by atoms with Crippen LogP contribution in [0.15, 0.2) is 30.3 Å². The maximum atomic E-state index is 12.2. The van der Waals surface area contributed by atoms with Gasteiger partial charge in [0.05, 0.1) is 7.11 Å². The molecule has 1 aromatic rings. The average Bonchev–Trinajstić information content (AvgIpc) is 2.53. The number of carbonyl (C=O) groups excluding carboxylic acids is 1. The van der Waals surface area contributed by atoms with E-state index < -0.39 is 5.54 Å². The van der Waals surface area contributed by atoms with Gasteiger partial charge in [0, 0.05) is 6.54 Å². The number of esters is 1. The lowest BCUT2D eigenvalue weighted by molar-refractivity contribution is -0.150. The second-order valence-electron chi connectivity index (χ2n) is 5.76. The van der Waals surface area contributed by atoms with Gasteiger partial charge in [0.2, 0.25) is 0 Å². The lowest BCUT2D eigenvalue weighted by atomic mass is 9.75. The summed E-state index contributed by atoms with van der Waals surface area (Å²) in [6, 6.07) is 10.2. The molecule has 0 spiro atoms. The summed E-state index contributed by atoms with van der Waals surface area (Å²) in [6.45, 7) is 2.94. The first-order chi connectivity index (χ1) is 9.70. The lowest BCUT2D eigenvalue weighted by Gasteiger charge is -2.38. The average molecular weight is 275 g/mol. The third kappa shape index (κ3) is 3.40. The summed E-state index contributed by atoms with van der Waals surface area (Å²) in [5.74, 6) is 0.647. The van der Waals surface area contributed by atoms with Crippen LogP contribution in [-0.2, 0) is 16.1 Å². The Morgan fingerprint density at radius 2 is 1.95 bits per heavy atom. The van der Waals surface area contributed by atoms with Crippen molar-refractivity contribution in [2.45, 2.75) is 51.1 Å². The molecule has 0 aromatic heterocycles. The molecule has 0 radical (unpaired) electrons. The molecule has 3 nitrogen and oxygen atoms in total. The van der Waals surface area contributed by atoms with Gasteiger partial charge >= 0.3 is 5.97 Å². The fraction of sp³-hybridized carbons (Fsp3) is 0.588. The molecule has 1 aromatic carbocycles. The Balaban J connectivity index is 2.03. The molecule has 0 bridgehead atoms. The van der Waals surface area contributed by atoms with E-state index in [1.807, 2.05) is 18.2 Å². The number of nitrogens with one attached hydrogen (secondary N) is 1. The third-order valence-corrected chi connectivity index (χ3v) is 4.59. The van der Waals surface area contributed by atoms with Crippen molar-refractivity contribution in [2.24, 2.45) is 5.92 Å². The highest BCUT2D eigenvalue weighted by atomic mass is 16.5. The van der Waals surface area contributed by atoms with Crippen LogP contribution in [0.2, 0.25) is 0 Å². The summed E-state index contributed by atoms with van der Waals surface area (Å²) in [5, 5.41) is 3.47. The molecule has 0 unspecified atom stereocenters. The molecule has 1 N–H and O–H groups in total. The fourth-order valence-corrected chi connectivity index (χ4v) is 3.09. The highest BCUT2D eigenvalue weighted by Gasteiger charge is 2.42. The standard InChI is InChI=1S/C17H25NO2/c1-3-14-9-11-17(12-10-14,16(19)20-2)18-13-15-7-5-4-6-8-15/h4-8,14,18H,3,9-13H2,1-2H3. The molecule has 1 fully saturated rings. The van der Waals surface area contributed by atoms with Gasteiger partial charge in [0.25, 0.3) is 0 Å². The van der Waals surface area contributed by atoms with Gasteiger partial charge in [-0.15, -0.1) is 0 Å². The molecule has 0 amide bonds. The van der Waals surface area contributed by atoms with Gasteiger partial charge in [0.1, 0.15) is 5.54 Å². The van der Waals surface area contributed by atoms with E-state index >= 15 is 0 Å². The molecule has 0 atom stereocenters. The Hall–Kier alpha value is -1.35. The minimum absolute atomic E-state index is 0.108. The minimum Gasteiger partial charge on any atom is -0.468 e. The van der Waals surface area contributed by atoms with Gasteiger partial charge in [-0.3, -0.25) is 10.1 Å². The van der Waals surface area contributed by atoms with Gasteiger partial charge in [-0.1, -0.05) is 43.7 Å². The number of ether oxygens (including phenoxy) is 1. The highest BCUT2D eigenvalue weighted by molar-refractivity contribution is 5.80. The monoisotopic (exact) mass is 275 g/mol. The first-order valence-corrected chi connectivity index (χ1v) is 7.57. The summed E-state index contributed by atoms with van der Waals surface area (Å²) in [6.07, 6.45) is 5.17. The normalized spacial score (nSPS) is 26.2. The zero-order chi connectivity index (χ0) is 14.4. The quantitative estimate of drug-likeness (QED) is 0.838. The predicted octanol–water partition coefficient (Wildman–Crippen LogP) is 3.29. The molecule has 1 aliphatic rings. The van der Waals surface area contributed by atoms with Crippen LogP contribution in [0.5, 0.6) is 0 Å². The summed E-state index contributed by atoms with van der Waals surface area (Å²) in [7, 11) is 1.49. The zero-order valence-electron chi connectivity index (χ0n) is 12.5. The third-order valence-electron chi connectivity index (χ3n) is 4.59. The molecule has 2 rings (SSSR count). The topological polar surface area (TPSA) is 38.3 Å². The lowest BCUT2D eigenvalue weighted by Crippen LogP contribution is -2.54. The second kappa shape index (κ2) is 6.89. The number of hydrogen-bond donors (Lipinski definition) is 1. The predicted molar refractivity (Wildman–Crippen MR) is 80.3 cm³/mol. The summed E-state index contributed by atoms with van der Waals surface area (Å²) >= 11 is 0. The maximum Gasteiger partial charge on any atom is 0.326 e. The first kappa shape index (κ1) is 15.0. The van der Waals surface area contributed by atoms with Crippen LogP contribution in [0.4, 0.5) is 0 Å². The number of hydrogen-bond acceptors (Lipinski definition) is 3. The van der Waals surface area contributed by atoms with Gasteiger partial charge in [-0.05, 0) is 37.2 Å². The van der Waals surface area contributed by atoms with Crippen molar-refractivity contribution >= 4 is 5.97 Å². The molecule has 110 valence electrons. The van der Waals surface area contributed by atoms with Crippen LogP contribution < -0.4 is 5.32 Å². The second-order valence-corrected chi connectivity index (χ2v) is 5.76. The molecular formula is C17H25NO2. The van der Waals surface area contributed by atoms with Crippen LogP contribution in [0.1, 0.15) is 44.6 Å². The number of methoxy groups -OCH3 is 1. The molecule has 0 saturated heterocycles. The van der Waals surface area contributed by atoms with Crippen LogP contribution in [0, 0.1) is 5.92 Å². The van der Waals surface area contributed by atoms with Crippen molar-refractivity contribution in [1.82, 2.24) is 5.32 Å². The van der Waals surface area contributed by atoms with Crippen molar-refractivity contribution in [3.8, 4) is 0 Å². The maximum absolute atomic E-state index is 12.2. The van der Waals surface area contributed by atoms with E-state index in [-0.39, 0.29) is 5.97 Å². The first-order valence-electron chi connectivity index (χ1n) is 7.57. The molecule has 0 aliphatic heterocycles. The smallest absolute Gasteiger partial charge is 0.326 e. The van der Waals surface area contributed by atoms with Gasteiger partial charge in [-0.2, -0.15) is 0 Å². The summed E-state index contributed by atoms with van der Waals surface area (Å²) < 4.78 is 5.05. The van der Waals surface area contributed by atoms with Crippen molar-refractivity contribution in [3.05, 3.63) is 35.9 Å². The van der Waals surface area contributed by atoms with Gasteiger partial charge in [-0.25, -0.2) is 0 Å². The van der Waals surface area contributed by atoms with Crippen LogP contribution in [0.3, 0.4) is 0 Å². The number of benzene rings is 1. The van der Waals surface area contributed by atoms with Crippen molar-refractivity contribution < 1.29 is 9.53 Å². The van der Waals surface area contributed by atoms with Crippen molar-refractivity contribution in [3.63, 3.8) is 0 Å². The van der Waals surface area contributed by atoms with Crippen LogP contribution in [-0.4, -0.2) is 18.6 Å². The summed E-state index contributed by atoms with van der Waals surface area (Å²) in [4.78, 5) is 12.2. The zero-order valence-corrected chi connectivity index (χ0v) is 12.5. The Morgan fingerprint density at radius 1 is 1.30 bits per heavy atom. The SMILES string of the molecule is CCC1CCC(NCc2ccccc2)(C(=O)OC)CC1. The number of rotatable bonds is 5. The Labute approximate surface area is 121 Å². The van der Waals surface area contributed by atoms with E-state index in [0.717, 1.165) is 31.6 Å². The fourth-order valence-electron chi connectivity index (χ4n) is 3.09. The van der Waals surface area contributed by atoms with E-state index in [4.69, 9.17) is 4.74 Å². The van der Waals surface area contributed by atoms with E-state index in [2.05, 4.69) is 24.4 Å². The van der Waals surface area contributed by atoms with Crippen LogP contribution in [0.25, 0.3) is 0 Å². The van der Waals surface area contributed by atoms with Crippen molar-refractivity contribution in [2.75, 3.05) is 7.11 Å². The van der Waals surface area contributed by atoms with Crippen molar-refractivity contribution in [1.29, 1.82) is 0 Å². The molecule has 20 heavy (non-hydrogen) atoms. The molecule has 1 aliphatic carbocycles. The molecule has 0 heterocycles. The Kier molecular flexibility index (Phi) is 5.18. The van der Waals surface area contributed by atoms with Gasteiger partial charge in [0.15, 0.2) is 0 Å².